The van der Waals surface area contributed by atoms with Crippen LogP contribution in [-0.2, 0) is 21.2 Å². The van der Waals surface area contributed by atoms with Crippen molar-refractivity contribution in [2.75, 3.05) is 7.11 Å². The van der Waals surface area contributed by atoms with Gasteiger partial charge in [-0.25, -0.2) is 12.4 Å². The van der Waals surface area contributed by atoms with Crippen LogP contribution >= 0.6 is 0 Å². The number of aryl methyl sites for hydroxylation is 2. The van der Waals surface area contributed by atoms with Crippen molar-refractivity contribution in [1.82, 2.24) is 3.97 Å². The molecule has 0 saturated carbocycles. The Hall–Kier alpha value is -2.60. The molecule has 5 nitrogen and oxygen atoms in total. The maximum Gasteiger partial charge on any atom is 0.268 e. The van der Waals surface area contributed by atoms with Crippen LogP contribution in [0.1, 0.15) is 16.7 Å². The van der Waals surface area contributed by atoms with Gasteiger partial charge in [-0.15, -0.1) is 0 Å². The minimum Gasteiger partial charge on any atom is -0.496 e. The van der Waals surface area contributed by atoms with Crippen molar-refractivity contribution in [2.24, 2.45) is 0 Å². The average molecular weight is 357 g/mol. The van der Waals surface area contributed by atoms with Crippen LogP contribution in [0, 0.1) is 13.8 Å². The molecular formula is C19H19NO4S. The number of fused-ring (bicyclic) bond motifs is 1. The third kappa shape index (κ3) is 2.82. The Bertz CT molecular complexity index is 1050. The van der Waals surface area contributed by atoms with Gasteiger partial charge in [-0.3, -0.25) is 0 Å². The van der Waals surface area contributed by atoms with E-state index in [2.05, 4.69) is 0 Å². The summed E-state index contributed by atoms with van der Waals surface area (Å²) in [7, 11) is -2.19. The Morgan fingerprint density at radius 2 is 1.76 bits per heavy atom. The first-order chi connectivity index (χ1) is 11.9. The molecule has 6 heteroatoms. The van der Waals surface area contributed by atoms with Gasteiger partial charge < -0.3 is 9.53 Å². The van der Waals surface area contributed by atoms with Crippen molar-refractivity contribution >= 4 is 27.2 Å². The largest absolute Gasteiger partial charge is 0.496 e. The minimum atomic E-state index is -3.73. The third-order valence-corrected chi connectivity index (χ3v) is 5.96. The Morgan fingerprint density at radius 1 is 1.08 bits per heavy atom. The predicted octanol–water partition coefficient (Wildman–Crippen LogP) is 3.25. The molecule has 0 aliphatic heterocycles. The molecule has 0 bridgehead atoms. The van der Waals surface area contributed by atoms with E-state index in [1.807, 2.05) is 13.8 Å². The average Bonchev–Trinajstić information content (AvgIpc) is 2.94. The molecule has 25 heavy (non-hydrogen) atoms. The van der Waals surface area contributed by atoms with Gasteiger partial charge >= 0.3 is 0 Å². The molecule has 0 unspecified atom stereocenters. The monoisotopic (exact) mass is 357 g/mol. The third-order valence-electron chi connectivity index (χ3n) is 4.28. The van der Waals surface area contributed by atoms with Crippen molar-refractivity contribution in [3.8, 4) is 5.75 Å². The molecule has 3 aromatic rings. The number of aldehydes is 1. The smallest absolute Gasteiger partial charge is 0.268 e. The normalized spacial score (nSPS) is 11.6. The van der Waals surface area contributed by atoms with Crippen LogP contribution in [0.5, 0.6) is 5.75 Å². The number of carbonyl (C=O) groups is 1. The number of rotatable bonds is 5. The molecule has 0 fully saturated rings. The van der Waals surface area contributed by atoms with Gasteiger partial charge in [0, 0.05) is 23.6 Å². The lowest BCUT2D eigenvalue weighted by Gasteiger charge is -2.11. The van der Waals surface area contributed by atoms with Crippen LogP contribution in [0.4, 0.5) is 0 Å². The quantitative estimate of drug-likeness (QED) is 0.658. The van der Waals surface area contributed by atoms with Crippen LogP contribution in [-0.4, -0.2) is 25.8 Å². The molecule has 3 rings (SSSR count). The molecule has 0 spiro atoms. The first-order valence-electron chi connectivity index (χ1n) is 7.83. The van der Waals surface area contributed by atoms with E-state index in [-0.39, 0.29) is 11.3 Å². The highest BCUT2D eigenvalue weighted by Gasteiger charge is 2.22. The van der Waals surface area contributed by atoms with E-state index in [0.717, 1.165) is 22.8 Å². The van der Waals surface area contributed by atoms with Gasteiger partial charge in [-0.1, -0.05) is 17.7 Å². The zero-order chi connectivity index (χ0) is 18.2. The maximum atomic E-state index is 13.1. The lowest BCUT2D eigenvalue weighted by atomic mass is 10.0. The molecule has 1 aromatic heterocycles. The zero-order valence-electron chi connectivity index (χ0n) is 14.3. The highest BCUT2D eigenvalue weighted by molar-refractivity contribution is 7.90. The highest BCUT2D eigenvalue weighted by atomic mass is 32.2. The van der Waals surface area contributed by atoms with E-state index in [0.29, 0.717) is 16.8 Å². The Labute approximate surface area is 146 Å². The van der Waals surface area contributed by atoms with Gasteiger partial charge in [-0.05, 0) is 43.7 Å². The fourth-order valence-corrected chi connectivity index (χ4v) is 4.47. The highest BCUT2D eigenvalue weighted by Crippen LogP contribution is 2.33. The van der Waals surface area contributed by atoms with Gasteiger partial charge in [0.1, 0.15) is 12.0 Å². The van der Waals surface area contributed by atoms with Crippen molar-refractivity contribution in [3.63, 3.8) is 0 Å². The summed E-state index contributed by atoms with van der Waals surface area (Å²) in [4.78, 5) is 11.3. The van der Waals surface area contributed by atoms with Crippen LogP contribution in [0.3, 0.4) is 0 Å². The number of methoxy groups -OCH3 is 1. The molecule has 0 N–H and O–H groups in total. The first-order valence-corrected chi connectivity index (χ1v) is 9.27. The van der Waals surface area contributed by atoms with E-state index >= 15 is 0 Å². The van der Waals surface area contributed by atoms with E-state index in [4.69, 9.17) is 4.74 Å². The second-order valence-corrected chi connectivity index (χ2v) is 7.75. The summed E-state index contributed by atoms with van der Waals surface area (Å²) in [6.45, 7) is 3.74. The number of hydrogen-bond acceptors (Lipinski definition) is 4. The number of benzene rings is 2. The molecular weight excluding hydrogens is 338 g/mol. The van der Waals surface area contributed by atoms with E-state index in [1.165, 1.54) is 11.1 Å². The van der Waals surface area contributed by atoms with Gasteiger partial charge in [0.25, 0.3) is 10.0 Å². The van der Waals surface area contributed by atoms with Gasteiger partial charge in [0.05, 0.1) is 17.5 Å². The summed E-state index contributed by atoms with van der Waals surface area (Å²) >= 11 is 0. The van der Waals surface area contributed by atoms with E-state index in [1.54, 1.807) is 42.6 Å². The number of nitrogens with zero attached hydrogens (tertiary/aromatic N) is 1. The lowest BCUT2D eigenvalue weighted by molar-refractivity contribution is -0.107. The Kier molecular flexibility index (Phi) is 4.39. The summed E-state index contributed by atoms with van der Waals surface area (Å²) in [5, 5.41) is 0.738. The fourth-order valence-electron chi connectivity index (χ4n) is 3.05. The van der Waals surface area contributed by atoms with Crippen LogP contribution in [0.25, 0.3) is 10.9 Å². The number of aromatic nitrogens is 1. The second-order valence-electron chi connectivity index (χ2n) is 5.94. The number of hydrogen-bond donors (Lipinski definition) is 0. The fraction of sp³-hybridized carbons (Fsp3) is 0.211. The zero-order valence-corrected chi connectivity index (χ0v) is 15.1. The predicted molar refractivity (Wildman–Crippen MR) is 96.8 cm³/mol. The molecule has 1 heterocycles. The summed E-state index contributed by atoms with van der Waals surface area (Å²) < 4.78 is 32.7. The number of carbonyl (C=O) groups excluding carboxylic acids is 1. The standard InChI is InChI=1S/C19H19NO4S/c1-13-4-6-15(7-5-13)25(22,23)20-12-14(2)19-16(10-11-21)18(24-3)9-8-17(19)20/h4-9,11-12H,10H2,1-3H3. The van der Waals surface area contributed by atoms with Crippen LogP contribution in [0.2, 0.25) is 0 Å². The Morgan fingerprint density at radius 3 is 2.36 bits per heavy atom. The molecule has 0 saturated heterocycles. The van der Waals surface area contributed by atoms with Gasteiger partial charge in [0.2, 0.25) is 0 Å². The van der Waals surface area contributed by atoms with Crippen molar-refractivity contribution < 1.29 is 17.9 Å². The van der Waals surface area contributed by atoms with E-state index in [9.17, 15) is 13.2 Å². The molecule has 0 amide bonds. The Balaban J connectivity index is 2.29. The van der Waals surface area contributed by atoms with Crippen molar-refractivity contribution in [2.45, 2.75) is 25.2 Å². The molecule has 130 valence electrons. The van der Waals surface area contributed by atoms with Gasteiger partial charge in [-0.2, -0.15) is 0 Å². The molecule has 0 aliphatic rings. The second kappa shape index (κ2) is 6.37. The van der Waals surface area contributed by atoms with Crippen molar-refractivity contribution in [3.05, 3.63) is 59.3 Å². The summed E-state index contributed by atoms with van der Waals surface area (Å²) in [5.74, 6) is 0.577. The SMILES string of the molecule is COc1ccc2c(c(C)cn2S(=O)(=O)c2ccc(C)cc2)c1CC=O. The van der Waals surface area contributed by atoms with Crippen LogP contribution in [0.15, 0.2) is 47.5 Å². The van der Waals surface area contributed by atoms with Gasteiger partial charge in [0.15, 0.2) is 0 Å². The molecule has 0 atom stereocenters. The van der Waals surface area contributed by atoms with Crippen molar-refractivity contribution in [1.29, 1.82) is 0 Å². The summed E-state index contributed by atoms with van der Waals surface area (Å²) in [5.41, 5.74) is 3.01. The molecule has 0 aliphatic carbocycles. The van der Waals surface area contributed by atoms with Crippen LogP contribution < -0.4 is 4.74 Å². The summed E-state index contributed by atoms with van der Waals surface area (Å²) in [6, 6.07) is 10.1. The topological polar surface area (TPSA) is 65.4 Å². The maximum absolute atomic E-state index is 13.1. The molecule has 0 radical (unpaired) electrons. The lowest BCUT2D eigenvalue weighted by Crippen LogP contribution is -2.12. The first kappa shape index (κ1) is 17.2. The molecule has 2 aromatic carbocycles. The van der Waals surface area contributed by atoms with E-state index < -0.39 is 10.0 Å². The minimum absolute atomic E-state index is 0.163. The number of ether oxygens (including phenoxy) is 1. The summed E-state index contributed by atoms with van der Waals surface area (Å²) in [6.07, 6.45) is 2.55.